The van der Waals surface area contributed by atoms with Crippen LogP contribution in [0, 0.1) is 12.8 Å². The van der Waals surface area contributed by atoms with Gasteiger partial charge in [-0.25, -0.2) is 0 Å². The van der Waals surface area contributed by atoms with Crippen molar-refractivity contribution in [3.8, 4) is 0 Å². The normalized spacial score (nSPS) is 18.3. The van der Waals surface area contributed by atoms with E-state index in [1.165, 1.54) is 11.1 Å². The van der Waals surface area contributed by atoms with E-state index in [1.807, 2.05) is 7.05 Å². The molecule has 1 aromatic carbocycles. The van der Waals surface area contributed by atoms with E-state index in [0.29, 0.717) is 25.2 Å². The largest absolute Gasteiger partial charge is 0.382 e. The van der Waals surface area contributed by atoms with Crippen LogP contribution in [-0.4, -0.2) is 83.5 Å². The molecule has 2 atom stereocenters. The molecule has 160 valence electrons. The zero-order valence-corrected chi connectivity index (χ0v) is 20.3. The highest BCUT2D eigenvalue weighted by Gasteiger charge is 2.25. The molecule has 1 aromatic rings. The van der Waals surface area contributed by atoms with Crippen molar-refractivity contribution in [2.45, 2.75) is 19.4 Å². The fourth-order valence-electron chi connectivity index (χ4n) is 3.46. The third-order valence-corrected chi connectivity index (χ3v) is 5.12. The summed E-state index contributed by atoms with van der Waals surface area (Å²) in [4.78, 5) is 9.10. The molecule has 0 saturated carbocycles. The van der Waals surface area contributed by atoms with Crippen LogP contribution in [0.5, 0.6) is 0 Å². The number of guanidine groups is 1. The van der Waals surface area contributed by atoms with Crippen LogP contribution in [0.4, 0.5) is 0 Å². The van der Waals surface area contributed by atoms with Crippen molar-refractivity contribution in [3.05, 3.63) is 35.4 Å². The van der Waals surface area contributed by atoms with Crippen LogP contribution in [0.1, 0.15) is 23.6 Å². The van der Waals surface area contributed by atoms with Gasteiger partial charge >= 0.3 is 0 Å². The average Bonchev–Trinajstić information content (AvgIpc) is 3.12. The first-order chi connectivity index (χ1) is 13.0. The summed E-state index contributed by atoms with van der Waals surface area (Å²) in [6.07, 6.45) is 1.14. The van der Waals surface area contributed by atoms with E-state index < -0.39 is 0 Å². The third-order valence-electron chi connectivity index (χ3n) is 5.12. The minimum Gasteiger partial charge on any atom is -0.382 e. The molecule has 28 heavy (non-hydrogen) atoms. The summed E-state index contributed by atoms with van der Waals surface area (Å²) in [6.45, 7) is 7.08. The molecule has 1 heterocycles. The van der Waals surface area contributed by atoms with Crippen LogP contribution in [0.2, 0.25) is 0 Å². The lowest BCUT2D eigenvalue weighted by atomic mass is 10.0. The lowest BCUT2D eigenvalue weighted by molar-refractivity contribution is 0.0536. The zero-order valence-electron chi connectivity index (χ0n) is 18.0. The molecule has 2 unspecified atom stereocenters. The number of rotatable bonds is 9. The van der Waals surface area contributed by atoms with Gasteiger partial charge in [0.05, 0.1) is 25.9 Å². The van der Waals surface area contributed by atoms with Crippen LogP contribution in [0.15, 0.2) is 29.3 Å². The Morgan fingerprint density at radius 2 is 2.00 bits per heavy atom. The molecule has 0 aliphatic carbocycles. The Morgan fingerprint density at radius 3 is 2.61 bits per heavy atom. The number of benzene rings is 1. The molecule has 1 aliphatic heterocycles. The average molecular weight is 504 g/mol. The van der Waals surface area contributed by atoms with Gasteiger partial charge in [0.2, 0.25) is 0 Å². The minimum atomic E-state index is 0. The Bertz CT molecular complexity index is 580. The smallest absolute Gasteiger partial charge is 0.193 e. The summed E-state index contributed by atoms with van der Waals surface area (Å²) < 4.78 is 10.7. The predicted molar refractivity (Wildman–Crippen MR) is 127 cm³/mol. The molecule has 6 nitrogen and oxygen atoms in total. The zero-order chi connectivity index (χ0) is 19.6. The van der Waals surface area contributed by atoms with Crippen molar-refractivity contribution in [1.29, 1.82) is 0 Å². The van der Waals surface area contributed by atoms with Gasteiger partial charge < -0.3 is 24.6 Å². The molecule has 0 aromatic heterocycles. The molecule has 1 fully saturated rings. The van der Waals surface area contributed by atoms with E-state index in [-0.39, 0.29) is 24.0 Å². The van der Waals surface area contributed by atoms with Gasteiger partial charge in [0, 0.05) is 39.7 Å². The number of aryl methyl sites for hydroxylation is 1. The number of hydrogen-bond acceptors (Lipinski definition) is 4. The fourth-order valence-corrected chi connectivity index (χ4v) is 3.46. The molecule has 0 radical (unpaired) electrons. The maximum Gasteiger partial charge on any atom is 0.193 e. The topological polar surface area (TPSA) is 49.3 Å². The van der Waals surface area contributed by atoms with Crippen LogP contribution in [0.3, 0.4) is 0 Å². The van der Waals surface area contributed by atoms with Crippen LogP contribution in [0.25, 0.3) is 0 Å². The molecule has 1 N–H and O–H groups in total. The summed E-state index contributed by atoms with van der Waals surface area (Å²) in [6, 6.07) is 9.09. The Morgan fingerprint density at radius 1 is 1.29 bits per heavy atom. The summed E-state index contributed by atoms with van der Waals surface area (Å²) in [5.41, 5.74) is 2.61. The van der Waals surface area contributed by atoms with Gasteiger partial charge in [0.15, 0.2) is 5.96 Å². The number of halogens is 1. The van der Waals surface area contributed by atoms with E-state index in [0.717, 1.165) is 38.6 Å². The SMILES string of the molecule is CN=C(NCC(c1ccc(C)cc1)N(C)C)N1CCC(COCCOC)C1.I. The highest BCUT2D eigenvalue weighted by Crippen LogP contribution is 2.19. The van der Waals surface area contributed by atoms with Crippen molar-refractivity contribution in [2.24, 2.45) is 10.9 Å². The Hall–Kier alpha value is -0.900. The van der Waals surface area contributed by atoms with E-state index in [1.54, 1.807) is 7.11 Å². The van der Waals surface area contributed by atoms with E-state index in [4.69, 9.17) is 9.47 Å². The van der Waals surface area contributed by atoms with Crippen LogP contribution in [-0.2, 0) is 9.47 Å². The van der Waals surface area contributed by atoms with Crippen LogP contribution < -0.4 is 5.32 Å². The number of likely N-dealkylation sites (N-methyl/N-ethyl adjacent to an activating group) is 1. The number of hydrogen-bond donors (Lipinski definition) is 1. The lowest BCUT2D eigenvalue weighted by Gasteiger charge is -2.28. The third kappa shape index (κ3) is 7.85. The van der Waals surface area contributed by atoms with Gasteiger partial charge in [-0.05, 0) is 33.0 Å². The van der Waals surface area contributed by atoms with Crippen molar-refractivity contribution in [2.75, 3.05) is 67.7 Å². The molecular weight excluding hydrogens is 467 g/mol. The summed E-state index contributed by atoms with van der Waals surface area (Å²) in [5.74, 6) is 1.54. The highest BCUT2D eigenvalue weighted by molar-refractivity contribution is 14.0. The van der Waals surface area contributed by atoms with E-state index >= 15 is 0 Å². The first-order valence-corrected chi connectivity index (χ1v) is 9.80. The molecule has 2 rings (SSSR count). The lowest BCUT2D eigenvalue weighted by Crippen LogP contribution is -2.43. The number of nitrogens with zero attached hydrogens (tertiary/aromatic N) is 3. The molecule has 0 bridgehead atoms. The Labute approximate surface area is 187 Å². The van der Waals surface area contributed by atoms with Crippen molar-refractivity contribution < 1.29 is 9.47 Å². The molecule has 0 amide bonds. The molecule has 7 heteroatoms. The maximum absolute atomic E-state index is 5.70. The number of likely N-dealkylation sites (tertiary alicyclic amines) is 1. The van der Waals surface area contributed by atoms with Crippen molar-refractivity contribution >= 4 is 29.9 Å². The predicted octanol–water partition coefficient (Wildman–Crippen LogP) is 2.78. The van der Waals surface area contributed by atoms with Gasteiger partial charge in [-0.3, -0.25) is 4.99 Å². The van der Waals surface area contributed by atoms with Crippen molar-refractivity contribution in [3.63, 3.8) is 0 Å². The second kappa shape index (κ2) is 13.3. The first-order valence-electron chi connectivity index (χ1n) is 9.80. The Kier molecular flexibility index (Phi) is 12.0. The molecule has 1 aliphatic rings. The van der Waals surface area contributed by atoms with Gasteiger partial charge in [-0.15, -0.1) is 24.0 Å². The summed E-state index contributed by atoms with van der Waals surface area (Å²) in [5, 5.41) is 3.58. The number of nitrogens with one attached hydrogen (secondary N) is 1. The maximum atomic E-state index is 5.70. The van der Waals surface area contributed by atoms with Gasteiger partial charge in [0.1, 0.15) is 0 Å². The second-order valence-electron chi connectivity index (χ2n) is 7.49. The highest BCUT2D eigenvalue weighted by atomic mass is 127. The monoisotopic (exact) mass is 504 g/mol. The molecule has 1 saturated heterocycles. The fraction of sp³-hybridized carbons (Fsp3) is 0.667. The first kappa shape index (κ1) is 25.1. The summed E-state index contributed by atoms with van der Waals surface area (Å²) >= 11 is 0. The minimum absolute atomic E-state index is 0. The van der Waals surface area contributed by atoms with Gasteiger partial charge in [-0.2, -0.15) is 0 Å². The Balaban J connectivity index is 0.00000392. The second-order valence-corrected chi connectivity index (χ2v) is 7.49. The number of ether oxygens (including phenoxy) is 2. The summed E-state index contributed by atoms with van der Waals surface area (Å²) in [7, 11) is 7.81. The standard InChI is InChI=1S/C21H36N4O2.HI/c1-17-6-8-19(9-7-17)20(24(3)4)14-23-21(22-2)25-11-10-18(15-25)16-27-13-12-26-5;/h6-9,18,20H,10-16H2,1-5H3,(H,22,23);1H. The molecular formula is C21H37IN4O2. The molecule has 0 spiro atoms. The number of aliphatic imine (C=N–C) groups is 1. The van der Waals surface area contributed by atoms with E-state index in [2.05, 4.69) is 65.4 Å². The number of methoxy groups -OCH3 is 1. The van der Waals surface area contributed by atoms with Crippen LogP contribution >= 0.6 is 24.0 Å². The van der Waals surface area contributed by atoms with Gasteiger partial charge in [-0.1, -0.05) is 29.8 Å². The quantitative estimate of drug-likeness (QED) is 0.243. The van der Waals surface area contributed by atoms with E-state index in [9.17, 15) is 0 Å². The van der Waals surface area contributed by atoms with Gasteiger partial charge in [0.25, 0.3) is 0 Å². The van der Waals surface area contributed by atoms with Crippen molar-refractivity contribution in [1.82, 2.24) is 15.1 Å².